The number of amides is 1. The molecule has 1 fully saturated rings. The molecule has 0 aromatic heterocycles. The van der Waals surface area contributed by atoms with Crippen molar-refractivity contribution in [2.24, 2.45) is 5.92 Å². The fourth-order valence-electron chi connectivity index (χ4n) is 3.15. The second-order valence-corrected chi connectivity index (χ2v) is 6.74. The minimum atomic E-state index is -0.438. The second kappa shape index (κ2) is 6.71. The van der Waals surface area contributed by atoms with Crippen molar-refractivity contribution in [3.63, 3.8) is 0 Å². The Labute approximate surface area is 148 Å². The van der Waals surface area contributed by atoms with E-state index in [0.29, 0.717) is 12.3 Å². The summed E-state index contributed by atoms with van der Waals surface area (Å²) < 4.78 is 5.58. The number of hydrogen-bond donors (Lipinski definition) is 0. The van der Waals surface area contributed by atoms with E-state index in [1.807, 2.05) is 58.0 Å². The first kappa shape index (κ1) is 17.2. The number of nitrogens with zero attached hydrogens (tertiary/aromatic N) is 1. The molecule has 1 aliphatic rings. The number of esters is 1. The number of benzene rings is 2. The van der Waals surface area contributed by atoms with Crippen molar-refractivity contribution in [1.82, 2.24) is 0 Å². The van der Waals surface area contributed by atoms with E-state index in [4.69, 9.17) is 4.74 Å². The molecular formula is C21H23NO3. The van der Waals surface area contributed by atoms with Crippen molar-refractivity contribution in [2.75, 3.05) is 11.4 Å². The average molecular weight is 337 g/mol. The molecule has 2 aromatic carbocycles. The standard InChI is InChI=1S/C21H23NO3/c1-13-7-5-9-18(15(13)3)22-12-17(11-20(22)23)21(24)25-19-10-6-8-14(2)16(19)4/h5-10,17H,11-12H2,1-4H3/t17-/m1/s1. The number of rotatable bonds is 3. The monoisotopic (exact) mass is 337 g/mol. The fraction of sp³-hybridized carbons (Fsp3) is 0.333. The SMILES string of the molecule is Cc1cccc(OC(=O)[C@@H]2CC(=O)N(c3cccc(C)c3C)C2)c1C. The zero-order chi connectivity index (χ0) is 18.1. The lowest BCUT2D eigenvalue weighted by Crippen LogP contribution is -2.28. The van der Waals surface area contributed by atoms with Gasteiger partial charge in [0.1, 0.15) is 5.75 Å². The molecule has 0 unspecified atom stereocenters. The van der Waals surface area contributed by atoms with Gasteiger partial charge in [0.05, 0.1) is 5.92 Å². The predicted molar refractivity (Wildman–Crippen MR) is 97.9 cm³/mol. The number of carbonyl (C=O) groups is 2. The molecule has 130 valence electrons. The van der Waals surface area contributed by atoms with Crippen LogP contribution in [0.3, 0.4) is 0 Å². The Morgan fingerprint density at radius 3 is 2.36 bits per heavy atom. The van der Waals surface area contributed by atoms with Gasteiger partial charge in [-0.1, -0.05) is 24.3 Å². The maximum Gasteiger partial charge on any atom is 0.316 e. The van der Waals surface area contributed by atoms with E-state index in [1.54, 1.807) is 11.0 Å². The Morgan fingerprint density at radius 1 is 1.00 bits per heavy atom. The van der Waals surface area contributed by atoms with Gasteiger partial charge in [0.15, 0.2) is 0 Å². The maximum absolute atomic E-state index is 12.6. The van der Waals surface area contributed by atoms with E-state index < -0.39 is 5.92 Å². The van der Waals surface area contributed by atoms with Crippen LogP contribution in [-0.2, 0) is 9.59 Å². The molecule has 0 spiro atoms. The summed E-state index contributed by atoms with van der Waals surface area (Å²) in [6.07, 6.45) is 0.192. The molecule has 1 amide bonds. The third kappa shape index (κ3) is 3.29. The topological polar surface area (TPSA) is 46.6 Å². The van der Waals surface area contributed by atoms with Crippen LogP contribution in [-0.4, -0.2) is 18.4 Å². The van der Waals surface area contributed by atoms with Gasteiger partial charge in [-0.05, 0) is 62.1 Å². The summed E-state index contributed by atoms with van der Waals surface area (Å²) in [6, 6.07) is 11.5. The van der Waals surface area contributed by atoms with Crippen LogP contribution in [0, 0.1) is 33.6 Å². The highest BCUT2D eigenvalue weighted by molar-refractivity contribution is 6.00. The zero-order valence-corrected chi connectivity index (χ0v) is 15.1. The first-order chi connectivity index (χ1) is 11.9. The van der Waals surface area contributed by atoms with E-state index in [-0.39, 0.29) is 18.3 Å². The van der Waals surface area contributed by atoms with Crippen LogP contribution >= 0.6 is 0 Å². The molecule has 0 aliphatic carbocycles. The van der Waals surface area contributed by atoms with Crippen LogP contribution < -0.4 is 9.64 Å². The van der Waals surface area contributed by atoms with Crippen molar-refractivity contribution in [1.29, 1.82) is 0 Å². The Hall–Kier alpha value is -2.62. The van der Waals surface area contributed by atoms with E-state index in [2.05, 4.69) is 0 Å². The Morgan fingerprint density at radius 2 is 1.64 bits per heavy atom. The molecule has 2 aromatic rings. The largest absolute Gasteiger partial charge is 0.426 e. The van der Waals surface area contributed by atoms with Crippen molar-refractivity contribution in [3.05, 3.63) is 58.7 Å². The summed E-state index contributed by atoms with van der Waals surface area (Å²) in [6.45, 7) is 8.30. The van der Waals surface area contributed by atoms with Crippen molar-refractivity contribution in [3.8, 4) is 5.75 Å². The highest BCUT2D eigenvalue weighted by Crippen LogP contribution is 2.30. The minimum absolute atomic E-state index is 0.0309. The summed E-state index contributed by atoms with van der Waals surface area (Å²) in [7, 11) is 0. The van der Waals surface area contributed by atoms with E-state index in [0.717, 1.165) is 27.9 Å². The molecular weight excluding hydrogens is 314 g/mol. The van der Waals surface area contributed by atoms with Crippen molar-refractivity contribution < 1.29 is 14.3 Å². The van der Waals surface area contributed by atoms with Gasteiger partial charge in [-0.15, -0.1) is 0 Å². The second-order valence-electron chi connectivity index (χ2n) is 6.74. The van der Waals surface area contributed by atoms with Gasteiger partial charge in [-0.2, -0.15) is 0 Å². The highest BCUT2D eigenvalue weighted by Gasteiger charge is 2.37. The Balaban J connectivity index is 1.77. The Kier molecular flexibility index (Phi) is 4.62. The molecule has 1 aliphatic heterocycles. The third-order valence-corrected chi connectivity index (χ3v) is 5.09. The summed E-state index contributed by atoms with van der Waals surface area (Å²) in [5.41, 5.74) is 5.11. The van der Waals surface area contributed by atoms with Crippen LogP contribution in [0.5, 0.6) is 5.75 Å². The van der Waals surface area contributed by atoms with Crippen LogP contribution in [0.15, 0.2) is 36.4 Å². The maximum atomic E-state index is 12.6. The molecule has 4 nitrogen and oxygen atoms in total. The molecule has 0 radical (unpaired) electrons. The summed E-state index contributed by atoms with van der Waals surface area (Å²) in [5, 5.41) is 0. The van der Waals surface area contributed by atoms with E-state index in [1.165, 1.54) is 0 Å². The van der Waals surface area contributed by atoms with Crippen LogP contribution in [0.1, 0.15) is 28.7 Å². The lowest BCUT2D eigenvalue weighted by atomic mass is 10.1. The highest BCUT2D eigenvalue weighted by atomic mass is 16.5. The smallest absolute Gasteiger partial charge is 0.316 e. The van der Waals surface area contributed by atoms with Crippen molar-refractivity contribution >= 4 is 17.6 Å². The summed E-state index contributed by atoms with van der Waals surface area (Å²) in [4.78, 5) is 26.7. The number of carbonyl (C=O) groups excluding carboxylic acids is 2. The molecule has 1 saturated heterocycles. The van der Waals surface area contributed by atoms with Crippen LogP contribution in [0.25, 0.3) is 0 Å². The van der Waals surface area contributed by atoms with Gasteiger partial charge in [0.2, 0.25) is 5.91 Å². The van der Waals surface area contributed by atoms with Gasteiger partial charge in [0, 0.05) is 18.7 Å². The third-order valence-electron chi connectivity index (χ3n) is 5.09. The van der Waals surface area contributed by atoms with Crippen LogP contribution in [0.2, 0.25) is 0 Å². The van der Waals surface area contributed by atoms with E-state index >= 15 is 0 Å². The lowest BCUT2D eigenvalue weighted by Gasteiger charge is -2.20. The normalized spacial score (nSPS) is 17.0. The lowest BCUT2D eigenvalue weighted by molar-refractivity contribution is -0.139. The first-order valence-electron chi connectivity index (χ1n) is 8.53. The molecule has 0 saturated carbocycles. The van der Waals surface area contributed by atoms with Gasteiger partial charge in [-0.25, -0.2) is 0 Å². The molecule has 3 rings (SSSR count). The number of anilines is 1. The molecule has 1 heterocycles. The van der Waals surface area contributed by atoms with Gasteiger partial charge in [0.25, 0.3) is 0 Å². The first-order valence-corrected chi connectivity index (χ1v) is 8.53. The summed E-state index contributed by atoms with van der Waals surface area (Å²) >= 11 is 0. The molecule has 1 atom stereocenters. The molecule has 25 heavy (non-hydrogen) atoms. The molecule has 4 heteroatoms. The Bertz CT molecular complexity index is 841. The quantitative estimate of drug-likeness (QED) is 0.631. The van der Waals surface area contributed by atoms with Crippen LogP contribution in [0.4, 0.5) is 5.69 Å². The average Bonchev–Trinajstić information content (AvgIpc) is 2.96. The van der Waals surface area contributed by atoms with Gasteiger partial charge >= 0.3 is 5.97 Å². The summed E-state index contributed by atoms with van der Waals surface area (Å²) in [5.74, 6) is -0.235. The van der Waals surface area contributed by atoms with E-state index in [9.17, 15) is 9.59 Å². The fourth-order valence-corrected chi connectivity index (χ4v) is 3.15. The van der Waals surface area contributed by atoms with Gasteiger partial charge < -0.3 is 9.64 Å². The molecule has 0 N–H and O–H groups in total. The van der Waals surface area contributed by atoms with Crippen molar-refractivity contribution in [2.45, 2.75) is 34.1 Å². The number of hydrogen-bond acceptors (Lipinski definition) is 3. The molecule has 0 bridgehead atoms. The van der Waals surface area contributed by atoms with Gasteiger partial charge in [-0.3, -0.25) is 9.59 Å². The minimum Gasteiger partial charge on any atom is -0.426 e. The predicted octanol–water partition coefficient (Wildman–Crippen LogP) is 3.88. The number of ether oxygens (including phenoxy) is 1. The zero-order valence-electron chi connectivity index (χ0n) is 15.1. The number of aryl methyl sites for hydroxylation is 2.